The summed E-state index contributed by atoms with van der Waals surface area (Å²) in [6.07, 6.45) is 1.01. The van der Waals surface area contributed by atoms with Gasteiger partial charge >= 0.3 is 11.7 Å². The van der Waals surface area contributed by atoms with Crippen LogP contribution < -0.4 is 5.32 Å². The number of hydrogen-bond donors (Lipinski definition) is 1. The fraction of sp³-hybridized carbons (Fsp3) is 0.182. The standard InChI is InChI=1S/C11H12N2O4/c1-8-3-5-9(6-4-8)12-7-10(13(15)16)11(14)17-2/h3-7,12H,1-2H3/b10-7-. The summed E-state index contributed by atoms with van der Waals surface area (Å²) < 4.78 is 4.29. The van der Waals surface area contributed by atoms with Gasteiger partial charge in [0, 0.05) is 5.69 Å². The summed E-state index contributed by atoms with van der Waals surface area (Å²) >= 11 is 0. The number of anilines is 1. The van der Waals surface area contributed by atoms with E-state index in [2.05, 4.69) is 10.1 Å². The number of rotatable bonds is 4. The molecule has 6 heteroatoms. The third-order valence-corrected chi connectivity index (χ3v) is 2.02. The SMILES string of the molecule is COC(=O)/C(=C/Nc1ccc(C)cc1)[N+](=O)[O-]. The Kier molecular flexibility index (Phi) is 4.21. The lowest BCUT2D eigenvalue weighted by Crippen LogP contribution is -2.14. The number of hydrogen-bond acceptors (Lipinski definition) is 5. The largest absolute Gasteiger partial charge is 0.461 e. The number of carbonyl (C=O) groups excluding carboxylic acids is 1. The first kappa shape index (κ1) is 12.7. The van der Waals surface area contributed by atoms with Crippen molar-refractivity contribution in [3.05, 3.63) is 51.8 Å². The first-order valence-electron chi connectivity index (χ1n) is 4.80. The summed E-state index contributed by atoms with van der Waals surface area (Å²) in [7, 11) is 1.09. The lowest BCUT2D eigenvalue weighted by molar-refractivity contribution is -0.421. The fourth-order valence-corrected chi connectivity index (χ4v) is 1.09. The van der Waals surface area contributed by atoms with Crippen molar-refractivity contribution in [2.45, 2.75) is 6.92 Å². The van der Waals surface area contributed by atoms with Gasteiger partial charge in [-0.2, -0.15) is 0 Å². The average molecular weight is 236 g/mol. The van der Waals surface area contributed by atoms with Crippen molar-refractivity contribution < 1.29 is 14.5 Å². The lowest BCUT2D eigenvalue weighted by Gasteiger charge is -2.01. The zero-order valence-electron chi connectivity index (χ0n) is 9.47. The summed E-state index contributed by atoms with van der Waals surface area (Å²) in [6, 6.07) is 7.20. The smallest absolute Gasteiger partial charge is 0.411 e. The van der Waals surface area contributed by atoms with Crippen LogP contribution in [0.2, 0.25) is 0 Å². The van der Waals surface area contributed by atoms with Crippen LogP contribution >= 0.6 is 0 Å². The van der Waals surface area contributed by atoms with Crippen molar-refractivity contribution in [1.29, 1.82) is 0 Å². The first-order chi connectivity index (χ1) is 8.04. The Morgan fingerprint density at radius 2 is 2.00 bits per heavy atom. The first-order valence-corrected chi connectivity index (χ1v) is 4.80. The van der Waals surface area contributed by atoms with E-state index in [0.717, 1.165) is 18.9 Å². The molecule has 1 rings (SSSR count). The van der Waals surface area contributed by atoms with Crippen molar-refractivity contribution in [2.24, 2.45) is 0 Å². The average Bonchev–Trinajstić information content (AvgIpc) is 2.31. The highest BCUT2D eigenvalue weighted by atomic mass is 16.6. The summed E-state index contributed by atoms with van der Waals surface area (Å²) in [5.74, 6) is -0.991. The molecular weight excluding hydrogens is 224 g/mol. The number of carbonyl (C=O) groups is 1. The number of nitro groups is 1. The van der Waals surface area contributed by atoms with Gasteiger partial charge in [-0.05, 0) is 19.1 Å². The van der Waals surface area contributed by atoms with Crippen molar-refractivity contribution in [3.63, 3.8) is 0 Å². The van der Waals surface area contributed by atoms with Crippen LogP contribution in [0.15, 0.2) is 36.2 Å². The second-order valence-electron chi connectivity index (χ2n) is 3.29. The number of ether oxygens (including phenoxy) is 1. The molecule has 0 aliphatic heterocycles. The van der Waals surface area contributed by atoms with Crippen LogP contribution in [0, 0.1) is 17.0 Å². The number of methoxy groups -OCH3 is 1. The van der Waals surface area contributed by atoms with Gasteiger partial charge in [-0.1, -0.05) is 17.7 Å². The highest BCUT2D eigenvalue weighted by molar-refractivity contribution is 5.86. The molecule has 0 spiro atoms. The second-order valence-corrected chi connectivity index (χ2v) is 3.29. The molecule has 0 atom stereocenters. The molecule has 0 aliphatic rings. The van der Waals surface area contributed by atoms with Gasteiger partial charge in [-0.3, -0.25) is 10.1 Å². The number of nitrogens with one attached hydrogen (secondary N) is 1. The van der Waals surface area contributed by atoms with Gasteiger partial charge in [0.25, 0.3) is 0 Å². The van der Waals surface area contributed by atoms with Crippen molar-refractivity contribution >= 4 is 11.7 Å². The van der Waals surface area contributed by atoms with Gasteiger partial charge < -0.3 is 10.1 Å². The van der Waals surface area contributed by atoms with Crippen LogP contribution in [-0.2, 0) is 9.53 Å². The molecule has 0 heterocycles. The summed E-state index contributed by atoms with van der Waals surface area (Å²) in [6.45, 7) is 1.93. The maximum absolute atomic E-state index is 11.1. The molecular formula is C11H12N2O4. The Morgan fingerprint density at radius 3 is 2.47 bits per heavy atom. The van der Waals surface area contributed by atoms with Crippen LogP contribution in [0.3, 0.4) is 0 Å². The number of benzene rings is 1. The summed E-state index contributed by atoms with van der Waals surface area (Å²) in [4.78, 5) is 20.8. The van der Waals surface area contributed by atoms with E-state index in [4.69, 9.17) is 0 Å². The highest BCUT2D eigenvalue weighted by Crippen LogP contribution is 2.09. The number of aryl methyl sites for hydroxylation is 1. The van der Waals surface area contributed by atoms with Crippen molar-refractivity contribution in [1.82, 2.24) is 0 Å². The maximum atomic E-state index is 11.1. The minimum absolute atomic E-state index is 0.645. The lowest BCUT2D eigenvalue weighted by atomic mass is 10.2. The van der Waals surface area contributed by atoms with Gasteiger partial charge in [-0.25, -0.2) is 4.79 Å². The molecule has 0 bridgehead atoms. The van der Waals surface area contributed by atoms with E-state index in [1.165, 1.54) is 0 Å². The monoisotopic (exact) mass is 236 g/mol. The Bertz CT molecular complexity index is 451. The van der Waals surface area contributed by atoms with E-state index >= 15 is 0 Å². The Hall–Kier alpha value is -2.37. The van der Waals surface area contributed by atoms with E-state index < -0.39 is 16.6 Å². The normalized spacial score (nSPS) is 10.8. The zero-order chi connectivity index (χ0) is 12.8. The maximum Gasteiger partial charge on any atom is 0.411 e. The molecule has 17 heavy (non-hydrogen) atoms. The minimum atomic E-state index is -0.991. The molecule has 0 unspecified atom stereocenters. The summed E-state index contributed by atoms with van der Waals surface area (Å²) in [5.41, 5.74) is 1.08. The third kappa shape index (κ3) is 3.60. The molecule has 1 N–H and O–H groups in total. The van der Waals surface area contributed by atoms with Gasteiger partial charge in [0.2, 0.25) is 0 Å². The van der Waals surface area contributed by atoms with E-state index in [-0.39, 0.29) is 0 Å². The molecule has 1 aromatic rings. The molecule has 0 radical (unpaired) electrons. The number of esters is 1. The van der Waals surface area contributed by atoms with Gasteiger partial charge in [0.05, 0.1) is 18.2 Å². The second kappa shape index (κ2) is 5.64. The summed E-state index contributed by atoms with van der Waals surface area (Å²) in [5, 5.41) is 13.2. The molecule has 0 saturated heterocycles. The van der Waals surface area contributed by atoms with Gasteiger partial charge in [0.1, 0.15) is 0 Å². The van der Waals surface area contributed by atoms with Crippen molar-refractivity contribution in [3.8, 4) is 0 Å². The van der Waals surface area contributed by atoms with E-state index in [1.54, 1.807) is 12.1 Å². The van der Waals surface area contributed by atoms with Crippen molar-refractivity contribution in [2.75, 3.05) is 12.4 Å². The van der Waals surface area contributed by atoms with E-state index in [1.807, 2.05) is 19.1 Å². The van der Waals surface area contributed by atoms with Crippen LogP contribution in [0.1, 0.15) is 5.56 Å². The molecule has 90 valence electrons. The Morgan fingerprint density at radius 1 is 1.41 bits per heavy atom. The fourth-order valence-electron chi connectivity index (χ4n) is 1.09. The molecule has 0 aromatic heterocycles. The van der Waals surface area contributed by atoms with E-state index in [9.17, 15) is 14.9 Å². The third-order valence-electron chi connectivity index (χ3n) is 2.02. The minimum Gasteiger partial charge on any atom is -0.461 e. The van der Waals surface area contributed by atoms with Gasteiger partial charge in [0.15, 0.2) is 0 Å². The molecule has 0 amide bonds. The molecule has 6 nitrogen and oxygen atoms in total. The highest BCUT2D eigenvalue weighted by Gasteiger charge is 2.22. The predicted molar refractivity (Wildman–Crippen MR) is 61.9 cm³/mol. The Labute approximate surface area is 98.0 Å². The topological polar surface area (TPSA) is 81.5 Å². The number of nitrogens with zero attached hydrogens (tertiary/aromatic N) is 1. The van der Waals surface area contributed by atoms with Crippen LogP contribution in [0.4, 0.5) is 5.69 Å². The van der Waals surface area contributed by atoms with Crippen LogP contribution in [-0.4, -0.2) is 18.0 Å². The Balaban J connectivity index is 2.83. The zero-order valence-corrected chi connectivity index (χ0v) is 9.47. The predicted octanol–water partition coefficient (Wildman–Crippen LogP) is 1.70. The molecule has 0 aliphatic carbocycles. The van der Waals surface area contributed by atoms with Crippen LogP contribution in [0.25, 0.3) is 0 Å². The van der Waals surface area contributed by atoms with Gasteiger partial charge in [-0.15, -0.1) is 0 Å². The molecule has 1 aromatic carbocycles. The molecule has 0 saturated carbocycles. The quantitative estimate of drug-likeness (QED) is 0.372. The molecule has 0 fully saturated rings. The van der Waals surface area contributed by atoms with Crippen LogP contribution in [0.5, 0.6) is 0 Å². The van der Waals surface area contributed by atoms with E-state index in [0.29, 0.717) is 5.69 Å².